The second kappa shape index (κ2) is 4.85. The fourth-order valence-electron chi connectivity index (χ4n) is 1.42. The molecule has 0 radical (unpaired) electrons. The summed E-state index contributed by atoms with van der Waals surface area (Å²) in [5, 5.41) is 13.5. The van der Waals surface area contributed by atoms with E-state index in [4.69, 9.17) is 5.26 Å². The third kappa shape index (κ3) is 2.31. The van der Waals surface area contributed by atoms with Crippen molar-refractivity contribution in [3.8, 4) is 6.07 Å². The molecular formula is C12H9N3O2S. The van der Waals surface area contributed by atoms with Crippen LogP contribution in [-0.4, -0.2) is 10.9 Å². The minimum absolute atomic E-state index is 0.0258. The second-order valence-corrected chi connectivity index (χ2v) is 4.54. The van der Waals surface area contributed by atoms with Gasteiger partial charge in [0.15, 0.2) is 5.43 Å². The summed E-state index contributed by atoms with van der Waals surface area (Å²) in [5.74, 6) is -0.518. The van der Waals surface area contributed by atoms with Gasteiger partial charge in [0, 0.05) is 18.0 Å². The van der Waals surface area contributed by atoms with Crippen LogP contribution in [0.2, 0.25) is 0 Å². The lowest BCUT2D eigenvalue weighted by Crippen LogP contribution is -2.21. The van der Waals surface area contributed by atoms with Crippen LogP contribution in [0, 0.1) is 18.3 Å². The van der Waals surface area contributed by atoms with Gasteiger partial charge in [0.05, 0.1) is 5.56 Å². The Kier molecular flexibility index (Phi) is 3.26. The highest BCUT2D eigenvalue weighted by Crippen LogP contribution is 2.22. The summed E-state index contributed by atoms with van der Waals surface area (Å²) in [6.45, 7) is 1.73. The average molecular weight is 259 g/mol. The maximum absolute atomic E-state index is 11.9. The monoisotopic (exact) mass is 259 g/mol. The van der Waals surface area contributed by atoms with Gasteiger partial charge in [-0.05, 0) is 18.4 Å². The van der Waals surface area contributed by atoms with Crippen molar-refractivity contribution < 1.29 is 4.79 Å². The third-order valence-corrected chi connectivity index (χ3v) is 3.14. The molecule has 0 aromatic carbocycles. The highest BCUT2D eigenvalue weighted by atomic mass is 32.1. The van der Waals surface area contributed by atoms with E-state index in [1.54, 1.807) is 18.4 Å². The molecule has 0 unspecified atom stereocenters. The lowest BCUT2D eigenvalue weighted by molar-refractivity contribution is 0.102. The summed E-state index contributed by atoms with van der Waals surface area (Å²) in [6.07, 6.45) is 1.37. The number of nitrogens with zero attached hydrogens (tertiary/aromatic N) is 1. The number of nitrogens with one attached hydrogen (secondary N) is 2. The number of anilines is 1. The molecular weight excluding hydrogens is 250 g/mol. The summed E-state index contributed by atoms with van der Waals surface area (Å²) < 4.78 is 0. The Balaban J connectivity index is 2.28. The summed E-state index contributed by atoms with van der Waals surface area (Å²) in [4.78, 5) is 26.3. The van der Waals surface area contributed by atoms with Crippen LogP contribution < -0.4 is 10.7 Å². The number of thiophene rings is 1. The van der Waals surface area contributed by atoms with Gasteiger partial charge < -0.3 is 10.3 Å². The Morgan fingerprint density at radius 1 is 1.56 bits per heavy atom. The van der Waals surface area contributed by atoms with Crippen LogP contribution in [0.25, 0.3) is 0 Å². The number of aromatic nitrogens is 1. The van der Waals surface area contributed by atoms with Crippen LogP contribution in [0.15, 0.2) is 28.5 Å². The van der Waals surface area contributed by atoms with Crippen LogP contribution in [0.3, 0.4) is 0 Å². The van der Waals surface area contributed by atoms with Gasteiger partial charge in [0.25, 0.3) is 5.91 Å². The van der Waals surface area contributed by atoms with E-state index < -0.39 is 5.91 Å². The second-order valence-electron chi connectivity index (χ2n) is 3.62. The molecule has 5 nitrogen and oxygen atoms in total. The fourth-order valence-corrected chi connectivity index (χ4v) is 2.15. The molecule has 0 atom stereocenters. The van der Waals surface area contributed by atoms with Crippen molar-refractivity contribution in [2.75, 3.05) is 5.32 Å². The molecule has 0 spiro atoms. The van der Waals surface area contributed by atoms with E-state index in [0.29, 0.717) is 16.3 Å². The quantitative estimate of drug-likeness (QED) is 0.863. The Morgan fingerprint density at radius 2 is 2.33 bits per heavy atom. The Labute approximate surface area is 107 Å². The number of H-pyrrole nitrogens is 1. The Hall–Kier alpha value is -2.39. The van der Waals surface area contributed by atoms with E-state index >= 15 is 0 Å². The molecule has 2 N–H and O–H groups in total. The average Bonchev–Trinajstić information content (AvgIpc) is 2.76. The van der Waals surface area contributed by atoms with Gasteiger partial charge >= 0.3 is 0 Å². The molecule has 18 heavy (non-hydrogen) atoms. The molecule has 6 heteroatoms. The number of aryl methyl sites for hydroxylation is 1. The van der Waals surface area contributed by atoms with E-state index in [2.05, 4.69) is 10.3 Å². The highest BCUT2D eigenvalue weighted by Gasteiger charge is 2.13. The zero-order valence-electron chi connectivity index (χ0n) is 9.48. The highest BCUT2D eigenvalue weighted by molar-refractivity contribution is 7.14. The summed E-state index contributed by atoms with van der Waals surface area (Å²) in [6, 6.07) is 4.93. The third-order valence-electron chi connectivity index (χ3n) is 2.31. The smallest absolute Gasteiger partial charge is 0.261 e. The lowest BCUT2D eigenvalue weighted by Gasteiger charge is -2.03. The molecule has 0 saturated carbocycles. The van der Waals surface area contributed by atoms with Crippen molar-refractivity contribution in [2.24, 2.45) is 0 Å². The molecule has 2 aromatic heterocycles. The minimum atomic E-state index is -0.518. The van der Waals surface area contributed by atoms with Crippen LogP contribution in [0.4, 0.5) is 5.00 Å². The molecule has 2 heterocycles. The van der Waals surface area contributed by atoms with Crippen LogP contribution in [-0.2, 0) is 0 Å². The number of amides is 1. The number of pyridine rings is 1. The molecule has 90 valence electrons. The maximum Gasteiger partial charge on any atom is 0.261 e. The molecule has 0 bridgehead atoms. The fraction of sp³-hybridized carbons (Fsp3) is 0.0833. The normalized spacial score (nSPS) is 9.78. The van der Waals surface area contributed by atoms with Crippen LogP contribution in [0.1, 0.15) is 21.6 Å². The van der Waals surface area contributed by atoms with E-state index in [0.717, 1.165) is 0 Å². The van der Waals surface area contributed by atoms with Crippen molar-refractivity contribution in [3.63, 3.8) is 0 Å². The maximum atomic E-state index is 11.9. The zero-order chi connectivity index (χ0) is 13.1. The Bertz CT molecular complexity index is 694. The van der Waals surface area contributed by atoms with E-state index in [1.807, 2.05) is 6.07 Å². The number of hydrogen-bond donors (Lipinski definition) is 2. The van der Waals surface area contributed by atoms with Crippen LogP contribution >= 0.6 is 11.3 Å². The molecule has 0 aliphatic heterocycles. The number of nitriles is 1. The first kappa shape index (κ1) is 12.1. The summed E-state index contributed by atoms with van der Waals surface area (Å²) in [5.41, 5.74) is 0.749. The SMILES string of the molecule is Cc1cc(=O)c(C(=O)Nc2sccc2C#N)c[nH]1. The molecule has 0 aliphatic rings. The molecule has 0 fully saturated rings. The van der Waals surface area contributed by atoms with Gasteiger partial charge in [0.2, 0.25) is 0 Å². The first-order valence-electron chi connectivity index (χ1n) is 5.10. The summed E-state index contributed by atoms with van der Waals surface area (Å²) >= 11 is 1.24. The number of rotatable bonds is 2. The molecule has 2 rings (SSSR count). The number of carbonyl (C=O) groups is 1. The molecule has 2 aromatic rings. The van der Waals surface area contributed by atoms with Crippen molar-refractivity contribution >= 4 is 22.2 Å². The van der Waals surface area contributed by atoms with Gasteiger partial charge in [-0.25, -0.2) is 0 Å². The molecule has 0 aliphatic carbocycles. The van der Waals surface area contributed by atoms with Crippen molar-refractivity contribution in [1.82, 2.24) is 4.98 Å². The lowest BCUT2D eigenvalue weighted by atomic mass is 10.2. The number of aromatic amines is 1. The molecule has 0 saturated heterocycles. The van der Waals surface area contributed by atoms with Gasteiger partial charge in [-0.3, -0.25) is 9.59 Å². The first-order valence-corrected chi connectivity index (χ1v) is 5.98. The van der Waals surface area contributed by atoms with Crippen LogP contribution in [0.5, 0.6) is 0 Å². The van der Waals surface area contributed by atoms with Gasteiger partial charge in [0.1, 0.15) is 16.6 Å². The Morgan fingerprint density at radius 3 is 3.00 bits per heavy atom. The van der Waals surface area contributed by atoms with Gasteiger partial charge in [-0.2, -0.15) is 5.26 Å². The minimum Gasteiger partial charge on any atom is -0.364 e. The van der Waals surface area contributed by atoms with E-state index in [1.165, 1.54) is 23.6 Å². The standard InChI is InChI=1S/C12H9N3O2S/c1-7-4-10(16)9(6-14-7)11(17)15-12-8(5-13)2-3-18-12/h2-4,6H,1H3,(H,14,16)(H,15,17). The predicted molar refractivity (Wildman–Crippen MR) is 68.8 cm³/mol. The summed E-state index contributed by atoms with van der Waals surface area (Å²) in [7, 11) is 0. The largest absolute Gasteiger partial charge is 0.364 e. The topological polar surface area (TPSA) is 85.8 Å². The number of carbonyl (C=O) groups excluding carboxylic acids is 1. The molecule has 1 amide bonds. The first-order chi connectivity index (χ1) is 8.61. The predicted octanol–water partition coefficient (Wildman–Crippen LogP) is 1.87. The van der Waals surface area contributed by atoms with E-state index in [9.17, 15) is 9.59 Å². The van der Waals surface area contributed by atoms with E-state index in [-0.39, 0.29) is 11.0 Å². The van der Waals surface area contributed by atoms with Gasteiger partial charge in [-0.1, -0.05) is 0 Å². The van der Waals surface area contributed by atoms with Crippen molar-refractivity contribution in [2.45, 2.75) is 6.92 Å². The van der Waals surface area contributed by atoms with Gasteiger partial charge in [-0.15, -0.1) is 11.3 Å². The zero-order valence-corrected chi connectivity index (χ0v) is 10.3. The van der Waals surface area contributed by atoms with Crippen molar-refractivity contribution in [1.29, 1.82) is 5.26 Å². The number of hydrogen-bond acceptors (Lipinski definition) is 4. The van der Waals surface area contributed by atoms with Crippen molar-refractivity contribution in [3.05, 3.63) is 50.8 Å².